The molecule has 4 rings (SSSR count). The third-order valence-corrected chi connectivity index (χ3v) is 6.80. The molecule has 0 aliphatic carbocycles. The molecular formula is C22H20ClF2N5O3S. The van der Waals surface area contributed by atoms with E-state index in [-0.39, 0.29) is 27.7 Å². The number of aromatic nitrogens is 3. The van der Waals surface area contributed by atoms with Crippen LogP contribution in [-0.2, 0) is 24.1 Å². The Morgan fingerprint density at radius 2 is 1.76 bits per heavy atom. The molecule has 0 spiro atoms. The number of nitrogens with one attached hydrogen (secondary N) is 2. The van der Waals surface area contributed by atoms with Crippen molar-refractivity contribution in [1.29, 1.82) is 0 Å². The number of pyridine rings is 1. The van der Waals surface area contributed by atoms with E-state index in [1.54, 1.807) is 26.5 Å². The van der Waals surface area contributed by atoms with Gasteiger partial charge in [-0.15, -0.1) is 0 Å². The standard InChI is InChI=1S/C22H20ClF2N5O3S/c1-4-34(32,33)28-20-8-13(14-10-29(2)22(31)15-11-30(3)27-21(14)15)19(9-16(20)23)26-18-6-5-12(24)7-17(18)25/h5-11,26,28H,4H2,1-3H3. The first-order valence-corrected chi connectivity index (χ1v) is 12.1. The molecule has 0 aliphatic heterocycles. The lowest BCUT2D eigenvalue weighted by Gasteiger charge is -2.18. The number of hydrogen-bond acceptors (Lipinski definition) is 5. The number of halogens is 3. The smallest absolute Gasteiger partial charge is 0.261 e. The highest BCUT2D eigenvalue weighted by molar-refractivity contribution is 7.92. The van der Waals surface area contributed by atoms with Crippen LogP contribution in [0.5, 0.6) is 0 Å². The third kappa shape index (κ3) is 4.48. The van der Waals surface area contributed by atoms with Crippen LogP contribution in [0.1, 0.15) is 6.92 Å². The Hall–Kier alpha value is -3.44. The number of sulfonamides is 1. The third-order valence-electron chi connectivity index (χ3n) is 5.20. The Bertz CT molecular complexity index is 1600. The zero-order chi connectivity index (χ0) is 24.8. The fraction of sp³-hybridized carbons (Fsp3) is 0.182. The lowest BCUT2D eigenvalue weighted by Crippen LogP contribution is -2.16. The Morgan fingerprint density at radius 3 is 2.44 bits per heavy atom. The number of nitrogens with zero attached hydrogens (tertiary/aromatic N) is 3. The summed E-state index contributed by atoms with van der Waals surface area (Å²) in [5.74, 6) is -1.75. The van der Waals surface area contributed by atoms with Crippen LogP contribution >= 0.6 is 11.6 Å². The molecule has 0 fully saturated rings. The van der Waals surface area contributed by atoms with Gasteiger partial charge in [0.25, 0.3) is 5.56 Å². The predicted molar refractivity (Wildman–Crippen MR) is 129 cm³/mol. The largest absolute Gasteiger partial charge is 0.353 e. The molecule has 2 N–H and O–H groups in total. The molecule has 0 amide bonds. The molecule has 2 aromatic heterocycles. The average Bonchev–Trinajstić information content (AvgIpc) is 3.16. The molecule has 0 bridgehead atoms. The van der Waals surface area contributed by atoms with Gasteiger partial charge >= 0.3 is 0 Å². The van der Waals surface area contributed by atoms with Gasteiger partial charge in [-0.1, -0.05) is 11.6 Å². The molecule has 2 aromatic carbocycles. The van der Waals surface area contributed by atoms with Gasteiger partial charge in [0.15, 0.2) is 0 Å². The first-order valence-electron chi connectivity index (χ1n) is 10.1. The minimum Gasteiger partial charge on any atom is -0.353 e. The summed E-state index contributed by atoms with van der Waals surface area (Å²) in [6.45, 7) is 1.48. The van der Waals surface area contributed by atoms with Gasteiger partial charge in [-0.05, 0) is 31.2 Å². The van der Waals surface area contributed by atoms with Gasteiger partial charge in [0, 0.05) is 49.4 Å². The topological polar surface area (TPSA) is 98.0 Å². The normalized spacial score (nSPS) is 11.7. The molecule has 34 heavy (non-hydrogen) atoms. The van der Waals surface area contributed by atoms with Crippen LogP contribution < -0.4 is 15.6 Å². The zero-order valence-electron chi connectivity index (χ0n) is 18.4. The van der Waals surface area contributed by atoms with Crippen LogP contribution in [0, 0.1) is 11.6 Å². The van der Waals surface area contributed by atoms with Gasteiger partial charge in [-0.2, -0.15) is 5.10 Å². The highest BCUT2D eigenvalue weighted by atomic mass is 35.5. The lowest BCUT2D eigenvalue weighted by molar-refractivity contribution is 0.586. The summed E-state index contributed by atoms with van der Waals surface area (Å²) >= 11 is 6.37. The molecule has 0 saturated heterocycles. The molecule has 12 heteroatoms. The van der Waals surface area contributed by atoms with Crippen molar-refractivity contribution in [1.82, 2.24) is 14.3 Å². The Labute approximate surface area is 198 Å². The monoisotopic (exact) mass is 507 g/mol. The SMILES string of the molecule is CCS(=O)(=O)Nc1cc(-c2cn(C)c(=O)c3cn(C)nc23)c(Nc2ccc(F)cc2F)cc1Cl. The second-order valence-corrected chi connectivity index (χ2v) is 10.1. The van der Waals surface area contributed by atoms with Crippen molar-refractivity contribution < 1.29 is 17.2 Å². The first kappa shape index (κ1) is 23.7. The highest BCUT2D eigenvalue weighted by Crippen LogP contribution is 2.40. The van der Waals surface area contributed by atoms with E-state index in [1.807, 2.05) is 0 Å². The van der Waals surface area contributed by atoms with Crippen molar-refractivity contribution in [2.24, 2.45) is 14.1 Å². The van der Waals surface area contributed by atoms with E-state index in [0.29, 0.717) is 27.7 Å². The van der Waals surface area contributed by atoms with Gasteiger partial charge in [-0.25, -0.2) is 17.2 Å². The minimum atomic E-state index is -3.66. The average molecular weight is 508 g/mol. The summed E-state index contributed by atoms with van der Waals surface area (Å²) in [7, 11) is -0.425. The van der Waals surface area contributed by atoms with E-state index < -0.39 is 21.7 Å². The molecule has 0 atom stereocenters. The molecule has 4 aromatic rings. The maximum Gasteiger partial charge on any atom is 0.261 e. The van der Waals surface area contributed by atoms with Gasteiger partial charge in [0.05, 0.1) is 27.5 Å². The number of rotatable bonds is 6. The van der Waals surface area contributed by atoms with Crippen LogP contribution in [0.2, 0.25) is 5.02 Å². The molecule has 2 heterocycles. The zero-order valence-corrected chi connectivity index (χ0v) is 19.9. The molecule has 0 unspecified atom stereocenters. The molecule has 0 radical (unpaired) electrons. The fourth-order valence-corrected chi connectivity index (χ4v) is 4.41. The number of fused-ring (bicyclic) bond motifs is 1. The number of hydrogen-bond donors (Lipinski definition) is 2. The predicted octanol–water partition coefficient (Wildman–Crippen LogP) is 4.38. The van der Waals surface area contributed by atoms with Crippen molar-refractivity contribution in [3.05, 3.63) is 69.7 Å². The van der Waals surface area contributed by atoms with Gasteiger partial charge in [-0.3, -0.25) is 14.2 Å². The number of anilines is 3. The minimum absolute atomic E-state index is 0.0253. The van der Waals surface area contributed by atoms with E-state index in [9.17, 15) is 22.0 Å². The maximum atomic E-state index is 14.4. The van der Waals surface area contributed by atoms with E-state index in [4.69, 9.17) is 11.6 Å². The molecular weight excluding hydrogens is 488 g/mol. The molecule has 178 valence electrons. The van der Waals surface area contributed by atoms with Crippen molar-refractivity contribution in [2.75, 3.05) is 15.8 Å². The summed E-state index contributed by atoms with van der Waals surface area (Å²) in [4.78, 5) is 12.6. The van der Waals surface area contributed by atoms with E-state index in [0.717, 1.165) is 12.1 Å². The second-order valence-electron chi connectivity index (χ2n) is 7.66. The summed E-state index contributed by atoms with van der Waals surface area (Å²) < 4.78 is 57.5. The highest BCUT2D eigenvalue weighted by Gasteiger charge is 2.20. The van der Waals surface area contributed by atoms with E-state index in [1.165, 1.54) is 34.4 Å². The van der Waals surface area contributed by atoms with Crippen molar-refractivity contribution in [2.45, 2.75) is 6.92 Å². The second kappa shape index (κ2) is 8.73. The molecule has 8 nitrogen and oxygen atoms in total. The lowest BCUT2D eigenvalue weighted by atomic mass is 10.0. The van der Waals surface area contributed by atoms with Crippen LogP contribution in [0.25, 0.3) is 22.0 Å². The van der Waals surface area contributed by atoms with E-state index >= 15 is 0 Å². The van der Waals surface area contributed by atoms with Crippen LogP contribution in [-0.4, -0.2) is 28.5 Å². The van der Waals surface area contributed by atoms with Crippen LogP contribution in [0.3, 0.4) is 0 Å². The quantitative estimate of drug-likeness (QED) is 0.404. The number of aryl methyl sites for hydroxylation is 2. The molecule has 0 aliphatic rings. The summed E-state index contributed by atoms with van der Waals surface area (Å²) in [5.41, 5.74) is 1.31. The first-order chi connectivity index (χ1) is 16.0. The Morgan fingerprint density at radius 1 is 1.03 bits per heavy atom. The maximum absolute atomic E-state index is 14.4. The fourth-order valence-electron chi connectivity index (χ4n) is 3.50. The van der Waals surface area contributed by atoms with Crippen molar-refractivity contribution in [3.63, 3.8) is 0 Å². The van der Waals surface area contributed by atoms with Crippen molar-refractivity contribution in [3.8, 4) is 11.1 Å². The Balaban J connectivity index is 2.00. The van der Waals surface area contributed by atoms with Gasteiger partial charge in [0.1, 0.15) is 17.2 Å². The van der Waals surface area contributed by atoms with Gasteiger partial charge in [0.2, 0.25) is 10.0 Å². The summed E-state index contributed by atoms with van der Waals surface area (Å²) in [6.07, 6.45) is 3.12. The summed E-state index contributed by atoms with van der Waals surface area (Å²) in [5, 5.41) is 7.67. The van der Waals surface area contributed by atoms with E-state index in [2.05, 4.69) is 15.1 Å². The number of benzene rings is 2. The van der Waals surface area contributed by atoms with Crippen LogP contribution in [0.4, 0.5) is 25.8 Å². The van der Waals surface area contributed by atoms with Crippen molar-refractivity contribution >= 4 is 49.6 Å². The summed E-state index contributed by atoms with van der Waals surface area (Å²) in [6, 6.07) is 5.96. The van der Waals surface area contributed by atoms with Crippen LogP contribution in [0.15, 0.2) is 47.5 Å². The van der Waals surface area contributed by atoms with Gasteiger partial charge < -0.3 is 9.88 Å². The Kier molecular flexibility index (Phi) is 6.09. The molecule has 0 saturated carbocycles.